The summed E-state index contributed by atoms with van der Waals surface area (Å²) in [6.07, 6.45) is 9.94. The van der Waals surface area contributed by atoms with E-state index < -0.39 is 0 Å². The second-order valence-corrected chi connectivity index (χ2v) is 14.9. The number of aromatic nitrogens is 2. The summed E-state index contributed by atoms with van der Waals surface area (Å²) >= 11 is 1.88. The van der Waals surface area contributed by atoms with Gasteiger partial charge in [-0.05, 0) is 59.5 Å². The van der Waals surface area contributed by atoms with Crippen molar-refractivity contribution < 1.29 is 0 Å². The van der Waals surface area contributed by atoms with Crippen molar-refractivity contribution >= 4 is 75.0 Å². The molecule has 3 heterocycles. The molecule has 244 valence electrons. The van der Waals surface area contributed by atoms with Gasteiger partial charge in [-0.25, -0.2) is 4.98 Å². The quantitative estimate of drug-likeness (QED) is 0.169. The Hall–Kier alpha value is -6.29. The number of para-hydroxylation sites is 1. The molecule has 11 rings (SSSR count). The molecule has 0 fully saturated rings. The fraction of sp³-hybridized carbons (Fsp3) is 0.0408. The highest BCUT2D eigenvalue weighted by Gasteiger charge is 2.19. The lowest BCUT2D eigenvalue weighted by atomic mass is 9.92. The van der Waals surface area contributed by atoms with Crippen molar-refractivity contribution in [3.05, 3.63) is 182 Å². The van der Waals surface area contributed by atoms with Gasteiger partial charge in [-0.3, -0.25) is 0 Å². The molecular weight excluding hydrogens is 649 g/mol. The summed E-state index contributed by atoms with van der Waals surface area (Å²) in [5.41, 5.74) is 10.5. The molecule has 1 unspecified atom stereocenters. The van der Waals surface area contributed by atoms with Gasteiger partial charge < -0.3 is 4.57 Å². The van der Waals surface area contributed by atoms with Crippen LogP contribution in [0.1, 0.15) is 17.9 Å². The van der Waals surface area contributed by atoms with Gasteiger partial charge in [0.25, 0.3) is 0 Å². The maximum absolute atomic E-state index is 5.32. The van der Waals surface area contributed by atoms with Crippen LogP contribution in [0.4, 0.5) is 0 Å². The first-order valence-corrected chi connectivity index (χ1v) is 18.8. The molecule has 1 aliphatic rings. The largest absolute Gasteiger partial charge is 0.309 e. The third-order valence-corrected chi connectivity index (χ3v) is 12.1. The van der Waals surface area contributed by atoms with Crippen LogP contribution in [0.25, 0.3) is 91.7 Å². The topological polar surface area (TPSA) is 17.8 Å². The first-order chi connectivity index (χ1) is 25.8. The van der Waals surface area contributed by atoms with Crippen molar-refractivity contribution in [1.82, 2.24) is 9.55 Å². The average Bonchev–Trinajstić information content (AvgIpc) is 3.76. The van der Waals surface area contributed by atoms with Crippen LogP contribution in [0, 0.1) is 0 Å². The van der Waals surface area contributed by atoms with Crippen molar-refractivity contribution in [2.75, 3.05) is 0 Å². The molecule has 10 aromatic rings. The molecule has 0 aliphatic heterocycles. The molecule has 2 nitrogen and oxygen atoms in total. The van der Waals surface area contributed by atoms with E-state index in [1.807, 2.05) is 11.3 Å². The summed E-state index contributed by atoms with van der Waals surface area (Å²) in [6.45, 7) is 0. The average molecular weight is 681 g/mol. The van der Waals surface area contributed by atoms with Gasteiger partial charge in [0.1, 0.15) is 0 Å². The van der Waals surface area contributed by atoms with E-state index >= 15 is 0 Å². The highest BCUT2D eigenvalue weighted by molar-refractivity contribution is 7.26. The number of benzene rings is 7. The highest BCUT2D eigenvalue weighted by Crippen LogP contribution is 2.44. The lowest BCUT2D eigenvalue weighted by Gasteiger charge is -2.15. The Morgan fingerprint density at radius 3 is 2.10 bits per heavy atom. The van der Waals surface area contributed by atoms with Gasteiger partial charge in [0.05, 0.1) is 22.2 Å². The van der Waals surface area contributed by atoms with Crippen LogP contribution in [0.2, 0.25) is 0 Å². The van der Waals surface area contributed by atoms with Gasteiger partial charge in [0.2, 0.25) is 0 Å². The second kappa shape index (κ2) is 11.6. The SMILES string of the molecule is C1=CCC(c2ccc3c4ccc(-c5ccccc5)cc4n(-c4ccc(-c5nc6ccccc6c6c5ccc5c7ccccc7sc56)cc4)c3c2)C=C1. The molecule has 1 aliphatic carbocycles. The van der Waals surface area contributed by atoms with Crippen molar-refractivity contribution in [3.8, 4) is 28.1 Å². The Bertz CT molecular complexity index is 3090. The molecule has 0 saturated heterocycles. The van der Waals surface area contributed by atoms with Crippen LogP contribution in [0.3, 0.4) is 0 Å². The fourth-order valence-electron chi connectivity index (χ4n) is 8.39. The number of allylic oxidation sites excluding steroid dienone is 4. The molecule has 3 heteroatoms. The van der Waals surface area contributed by atoms with Gasteiger partial charge in [0.15, 0.2) is 0 Å². The minimum absolute atomic E-state index is 0.378. The monoisotopic (exact) mass is 680 g/mol. The fourth-order valence-corrected chi connectivity index (χ4v) is 9.65. The van der Waals surface area contributed by atoms with Gasteiger partial charge in [0, 0.05) is 64.3 Å². The van der Waals surface area contributed by atoms with Crippen LogP contribution >= 0.6 is 11.3 Å². The Morgan fingerprint density at radius 2 is 1.25 bits per heavy atom. The Morgan fingerprint density at radius 1 is 0.538 bits per heavy atom. The van der Waals surface area contributed by atoms with Crippen LogP contribution in [-0.2, 0) is 0 Å². The number of hydrogen-bond acceptors (Lipinski definition) is 2. The normalized spacial score (nSPS) is 14.5. The first-order valence-electron chi connectivity index (χ1n) is 18.0. The lowest BCUT2D eigenvalue weighted by Crippen LogP contribution is -1.98. The maximum atomic E-state index is 5.32. The van der Waals surface area contributed by atoms with Gasteiger partial charge in [-0.1, -0.05) is 140 Å². The number of hydrogen-bond donors (Lipinski definition) is 0. The Balaban J connectivity index is 1.12. The van der Waals surface area contributed by atoms with E-state index in [4.69, 9.17) is 4.98 Å². The summed E-state index contributed by atoms with van der Waals surface area (Å²) in [7, 11) is 0. The number of pyridine rings is 1. The van der Waals surface area contributed by atoms with E-state index in [2.05, 4.69) is 181 Å². The molecule has 0 bridgehead atoms. The van der Waals surface area contributed by atoms with E-state index in [0.717, 1.165) is 28.9 Å². The van der Waals surface area contributed by atoms with Crippen LogP contribution < -0.4 is 0 Å². The minimum atomic E-state index is 0.378. The zero-order chi connectivity index (χ0) is 34.2. The van der Waals surface area contributed by atoms with Gasteiger partial charge >= 0.3 is 0 Å². The summed E-state index contributed by atoms with van der Waals surface area (Å²) < 4.78 is 5.10. The number of thiophene rings is 1. The standard InChI is InChI=1S/C49H32N2S/c1-3-11-31(12-4-1)34-21-25-37-38-26-22-35(32-13-5-2-6-14-32)30-45(38)51(44(37)29-34)36-23-19-33(20-24-36)48-42-28-27-40-39-15-8-10-18-46(39)52-49(40)47(42)41-16-7-9-17-43(41)50-48/h1-13,15-30,32H,14H2. The maximum Gasteiger partial charge on any atom is 0.0788 e. The number of rotatable bonds is 4. The highest BCUT2D eigenvalue weighted by atomic mass is 32.1. The van der Waals surface area contributed by atoms with Crippen molar-refractivity contribution in [2.45, 2.75) is 12.3 Å². The zero-order valence-corrected chi connectivity index (χ0v) is 29.1. The summed E-state index contributed by atoms with van der Waals surface area (Å²) in [6, 6.07) is 55.7. The van der Waals surface area contributed by atoms with Crippen LogP contribution in [0.5, 0.6) is 0 Å². The second-order valence-electron chi connectivity index (χ2n) is 13.9. The molecule has 0 N–H and O–H groups in total. The smallest absolute Gasteiger partial charge is 0.0788 e. The van der Waals surface area contributed by atoms with Crippen LogP contribution in [0.15, 0.2) is 176 Å². The molecule has 0 saturated carbocycles. The van der Waals surface area contributed by atoms with Crippen molar-refractivity contribution in [1.29, 1.82) is 0 Å². The predicted molar refractivity (Wildman–Crippen MR) is 223 cm³/mol. The van der Waals surface area contributed by atoms with Gasteiger partial charge in [-0.2, -0.15) is 0 Å². The van der Waals surface area contributed by atoms with E-state index in [1.54, 1.807) is 0 Å². The van der Waals surface area contributed by atoms with E-state index in [0.29, 0.717) is 5.92 Å². The molecule has 3 aromatic heterocycles. The van der Waals surface area contributed by atoms with Crippen molar-refractivity contribution in [2.24, 2.45) is 0 Å². The summed E-state index contributed by atoms with van der Waals surface area (Å²) in [4.78, 5) is 5.32. The Labute approximate surface area is 305 Å². The molecule has 0 amide bonds. The van der Waals surface area contributed by atoms with E-state index in [1.165, 1.54) is 74.8 Å². The lowest BCUT2D eigenvalue weighted by molar-refractivity contribution is 0.855. The molecular formula is C49H32N2S. The predicted octanol–water partition coefficient (Wildman–Crippen LogP) is 13.8. The summed E-state index contributed by atoms with van der Waals surface area (Å²) in [5.74, 6) is 0.378. The molecule has 0 spiro atoms. The van der Waals surface area contributed by atoms with E-state index in [9.17, 15) is 0 Å². The number of nitrogens with zero attached hydrogens (tertiary/aromatic N) is 2. The van der Waals surface area contributed by atoms with Crippen LogP contribution in [-0.4, -0.2) is 9.55 Å². The zero-order valence-electron chi connectivity index (χ0n) is 28.3. The first kappa shape index (κ1) is 29.4. The van der Waals surface area contributed by atoms with Crippen molar-refractivity contribution in [3.63, 3.8) is 0 Å². The number of fused-ring (bicyclic) bond motifs is 10. The molecule has 7 aromatic carbocycles. The molecule has 0 radical (unpaired) electrons. The molecule has 52 heavy (non-hydrogen) atoms. The third kappa shape index (κ3) is 4.53. The Kier molecular flexibility index (Phi) is 6.58. The summed E-state index contributed by atoms with van der Waals surface area (Å²) in [5, 5.41) is 8.84. The molecule has 1 atom stereocenters. The van der Waals surface area contributed by atoms with Gasteiger partial charge in [-0.15, -0.1) is 11.3 Å². The minimum Gasteiger partial charge on any atom is -0.309 e. The van der Waals surface area contributed by atoms with E-state index in [-0.39, 0.29) is 0 Å². The third-order valence-electron chi connectivity index (χ3n) is 10.9.